The third-order valence-corrected chi connectivity index (χ3v) is 10.9. The molecule has 1 saturated heterocycles. The molecule has 47 heavy (non-hydrogen) atoms. The molecule has 228 valence electrons. The maximum atomic E-state index is 6.54. The van der Waals surface area contributed by atoms with Gasteiger partial charge < -0.3 is 13.7 Å². The molecule has 0 bridgehead atoms. The van der Waals surface area contributed by atoms with E-state index in [1.54, 1.807) is 11.3 Å². The predicted octanol–water partition coefficient (Wildman–Crippen LogP) is 10.0. The highest BCUT2D eigenvalue weighted by molar-refractivity contribution is 7.26. The fraction of sp³-hybridized carbons (Fsp3) is 0.150. The second-order valence-electron chi connectivity index (χ2n) is 13.2. The van der Waals surface area contributed by atoms with Crippen LogP contribution in [0.3, 0.4) is 0 Å². The van der Waals surface area contributed by atoms with Gasteiger partial charge in [0.05, 0.1) is 27.1 Å². The van der Waals surface area contributed by atoms with E-state index in [-0.39, 0.29) is 0 Å². The quantitative estimate of drug-likeness (QED) is 0.181. The third kappa shape index (κ3) is 4.53. The standard InChI is InChI=1S/C40H31BN2O3S/c1-39(2)40(3,4)46-41(45-39)27-20-21-32-31(23-27)29-18-11-17-28(36(29)44-32)25-14-10-15-26(22-25)38-42-34(24-12-6-5-7-13-24)37-35(43-38)30-16-8-9-19-33(30)47-37/h5-23H,1-4H3. The van der Waals surface area contributed by atoms with Crippen molar-refractivity contribution >= 4 is 66.2 Å². The van der Waals surface area contributed by atoms with Gasteiger partial charge in [-0.25, -0.2) is 9.97 Å². The molecule has 5 aromatic carbocycles. The minimum atomic E-state index is -0.437. The van der Waals surface area contributed by atoms with E-state index in [1.807, 2.05) is 18.2 Å². The summed E-state index contributed by atoms with van der Waals surface area (Å²) in [6, 6.07) is 39.8. The van der Waals surface area contributed by atoms with E-state index in [4.69, 9.17) is 23.7 Å². The van der Waals surface area contributed by atoms with Gasteiger partial charge in [0.15, 0.2) is 5.82 Å². The zero-order chi connectivity index (χ0) is 31.9. The number of para-hydroxylation sites is 1. The molecule has 1 aliphatic heterocycles. The Morgan fingerprint density at radius 3 is 2.15 bits per heavy atom. The Morgan fingerprint density at radius 2 is 1.32 bits per heavy atom. The minimum Gasteiger partial charge on any atom is -0.455 e. The van der Waals surface area contributed by atoms with Gasteiger partial charge in [0, 0.05) is 37.5 Å². The number of hydrogen-bond donors (Lipinski definition) is 0. The first-order chi connectivity index (χ1) is 22.8. The van der Waals surface area contributed by atoms with Crippen LogP contribution in [-0.4, -0.2) is 28.3 Å². The van der Waals surface area contributed by atoms with Gasteiger partial charge in [-0.1, -0.05) is 97.1 Å². The fourth-order valence-corrected chi connectivity index (χ4v) is 7.66. The second-order valence-corrected chi connectivity index (χ2v) is 14.3. The van der Waals surface area contributed by atoms with Gasteiger partial charge in [-0.05, 0) is 56.9 Å². The summed E-state index contributed by atoms with van der Waals surface area (Å²) in [7, 11) is -0.437. The number of hydrogen-bond acceptors (Lipinski definition) is 6. The zero-order valence-electron chi connectivity index (χ0n) is 26.6. The van der Waals surface area contributed by atoms with E-state index in [1.165, 1.54) is 4.70 Å². The number of rotatable bonds is 4. The van der Waals surface area contributed by atoms with Crippen LogP contribution < -0.4 is 5.46 Å². The first kappa shape index (κ1) is 28.4. The maximum Gasteiger partial charge on any atom is 0.494 e. The lowest BCUT2D eigenvalue weighted by Gasteiger charge is -2.32. The van der Waals surface area contributed by atoms with Crippen molar-refractivity contribution in [3.05, 3.63) is 115 Å². The first-order valence-corrected chi connectivity index (χ1v) is 16.7. The molecule has 3 aromatic heterocycles. The molecule has 0 aliphatic carbocycles. The highest BCUT2D eigenvalue weighted by Crippen LogP contribution is 2.41. The van der Waals surface area contributed by atoms with E-state index in [0.29, 0.717) is 5.82 Å². The molecular formula is C40H31BN2O3S. The summed E-state index contributed by atoms with van der Waals surface area (Å²) in [4.78, 5) is 10.4. The molecule has 9 rings (SSSR count). The van der Waals surface area contributed by atoms with Crippen LogP contribution in [-0.2, 0) is 9.31 Å². The minimum absolute atomic E-state index is 0.407. The van der Waals surface area contributed by atoms with Gasteiger partial charge >= 0.3 is 7.12 Å². The molecule has 0 N–H and O–H groups in total. The Labute approximate surface area is 277 Å². The molecule has 0 unspecified atom stereocenters. The summed E-state index contributed by atoms with van der Waals surface area (Å²) < 4.78 is 21.6. The molecule has 0 radical (unpaired) electrons. The Hall–Kier alpha value is -4.82. The monoisotopic (exact) mass is 630 g/mol. The largest absolute Gasteiger partial charge is 0.494 e. The van der Waals surface area contributed by atoms with Crippen molar-refractivity contribution in [3.8, 4) is 33.8 Å². The summed E-state index contributed by atoms with van der Waals surface area (Å²) >= 11 is 1.75. The van der Waals surface area contributed by atoms with Crippen LogP contribution in [0.5, 0.6) is 0 Å². The molecule has 4 heterocycles. The topological polar surface area (TPSA) is 57.4 Å². The van der Waals surface area contributed by atoms with Crippen molar-refractivity contribution in [1.82, 2.24) is 9.97 Å². The van der Waals surface area contributed by atoms with Crippen LogP contribution in [0.25, 0.3) is 76.0 Å². The number of aromatic nitrogens is 2. The van der Waals surface area contributed by atoms with Gasteiger partial charge in [0.1, 0.15) is 11.2 Å². The third-order valence-electron chi connectivity index (χ3n) is 9.75. The average molecular weight is 631 g/mol. The summed E-state index contributed by atoms with van der Waals surface area (Å²) in [5, 5.41) is 3.24. The predicted molar refractivity (Wildman–Crippen MR) is 194 cm³/mol. The molecule has 1 aliphatic rings. The van der Waals surface area contributed by atoms with Crippen LogP contribution in [0.15, 0.2) is 120 Å². The second kappa shape index (κ2) is 10.3. The molecule has 5 nitrogen and oxygen atoms in total. The molecule has 0 saturated carbocycles. The van der Waals surface area contributed by atoms with Gasteiger partial charge in [-0.2, -0.15) is 0 Å². The van der Waals surface area contributed by atoms with Crippen LogP contribution in [0.2, 0.25) is 0 Å². The lowest BCUT2D eigenvalue weighted by atomic mass is 9.78. The van der Waals surface area contributed by atoms with Crippen molar-refractivity contribution in [2.24, 2.45) is 0 Å². The number of nitrogens with zero attached hydrogens (tertiary/aromatic N) is 2. The highest BCUT2D eigenvalue weighted by Gasteiger charge is 2.51. The SMILES string of the molecule is CC1(C)OB(c2ccc3oc4c(-c5cccc(-c6nc(-c7ccccc7)c7sc8ccccc8c7n6)c5)cccc4c3c2)OC1(C)C. The van der Waals surface area contributed by atoms with Gasteiger partial charge in [-0.15, -0.1) is 11.3 Å². The molecule has 0 spiro atoms. The van der Waals surface area contributed by atoms with E-state index >= 15 is 0 Å². The van der Waals surface area contributed by atoms with Crippen molar-refractivity contribution < 1.29 is 13.7 Å². The average Bonchev–Trinajstić information content (AvgIpc) is 3.72. The van der Waals surface area contributed by atoms with Gasteiger partial charge in [0.25, 0.3) is 0 Å². The molecule has 1 fully saturated rings. The lowest BCUT2D eigenvalue weighted by Crippen LogP contribution is -2.41. The molecule has 7 heteroatoms. The lowest BCUT2D eigenvalue weighted by molar-refractivity contribution is 0.00578. The maximum absolute atomic E-state index is 6.54. The number of benzene rings is 5. The van der Waals surface area contributed by atoms with Gasteiger partial charge in [0.2, 0.25) is 0 Å². The Balaban J connectivity index is 1.17. The van der Waals surface area contributed by atoms with E-state index in [9.17, 15) is 0 Å². The number of thiophene rings is 1. The van der Waals surface area contributed by atoms with E-state index in [2.05, 4.69) is 125 Å². The Bertz CT molecular complexity index is 2480. The number of fused-ring (bicyclic) bond motifs is 6. The molecule has 0 atom stereocenters. The van der Waals surface area contributed by atoms with E-state index in [0.717, 1.165) is 71.0 Å². The van der Waals surface area contributed by atoms with Crippen molar-refractivity contribution in [1.29, 1.82) is 0 Å². The summed E-state index contributed by atoms with van der Waals surface area (Å²) in [6.45, 7) is 8.31. The fourth-order valence-electron chi connectivity index (χ4n) is 6.51. The van der Waals surface area contributed by atoms with E-state index < -0.39 is 18.3 Å². The Kier molecular flexibility index (Phi) is 6.25. The Morgan fingerprint density at radius 1 is 0.617 bits per heavy atom. The molecule has 0 amide bonds. The van der Waals surface area contributed by atoms with Crippen LogP contribution in [0.1, 0.15) is 27.7 Å². The zero-order valence-corrected chi connectivity index (χ0v) is 27.4. The van der Waals surface area contributed by atoms with Crippen LogP contribution >= 0.6 is 11.3 Å². The molecular weight excluding hydrogens is 599 g/mol. The molecule has 8 aromatic rings. The summed E-state index contributed by atoms with van der Waals surface area (Å²) in [5.74, 6) is 0.700. The summed E-state index contributed by atoms with van der Waals surface area (Å²) in [6.07, 6.45) is 0. The van der Waals surface area contributed by atoms with Gasteiger partial charge in [-0.3, -0.25) is 0 Å². The van der Waals surface area contributed by atoms with Crippen molar-refractivity contribution in [2.75, 3.05) is 0 Å². The number of furan rings is 1. The van der Waals surface area contributed by atoms with Crippen LogP contribution in [0, 0.1) is 0 Å². The van der Waals surface area contributed by atoms with Crippen molar-refractivity contribution in [3.63, 3.8) is 0 Å². The first-order valence-electron chi connectivity index (χ1n) is 15.9. The highest BCUT2D eigenvalue weighted by atomic mass is 32.1. The summed E-state index contributed by atoms with van der Waals surface area (Å²) in [5.41, 5.74) is 7.86. The normalized spacial score (nSPS) is 15.8. The smallest absolute Gasteiger partial charge is 0.455 e. The van der Waals surface area contributed by atoms with Crippen molar-refractivity contribution in [2.45, 2.75) is 38.9 Å². The van der Waals surface area contributed by atoms with Crippen LogP contribution in [0.4, 0.5) is 0 Å².